The van der Waals surface area contributed by atoms with E-state index in [1.165, 1.54) is 10.9 Å². The van der Waals surface area contributed by atoms with Gasteiger partial charge in [-0.05, 0) is 36.1 Å². The number of hydrogen-bond donors (Lipinski definition) is 1. The molecule has 0 saturated carbocycles. The van der Waals surface area contributed by atoms with Gasteiger partial charge in [-0.1, -0.05) is 29.3 Å². The van der Waals surface area contributed by atoms with Crippen molar-refractivity contribution >= 4 is 34.7 Å². The minimum atomic E-state index is -1.79. The average molecular weight is 373 g/mol. The van der Waals surface area contributed by atoms with Crippen LogP contribution in [0.25, 0.3) is 5.57 Å². The lowest BCUT2D eigenvalue weighted by molar-refractivity contribution is -0.134. The summed E-state index contributed by atoms with van der Waals surface area (Å²) in [5.41, 5.74) is 0.967. The average Bonchev–Trinajstić information content (AvgIpc) is 2.92. The number of hydrogen-bond acceptors (Lipinski definition) is 2. The summed E-state index contributed by atoms with van der Waals surface area (Å²) in [4.78, 5) is 11.0. The van der Waals surface area contributed by atoms with Crippen molar-refractivity contribution in [3.63, 3.8) is 0 Å². The number of fused-ring (bicyclic) bond motifs is 1. The van der Waals surface area contributed by atoms with Crippen LogP contribution in [0.15, 0.2) is 30.2 Å². The van der Waals surface area contributed by atoms with E-state index in [9.17, 15) is 13.6 Å². The topological polar surface area (TPSA) is 55.1 Å². The Balaban J connectivity index is 2.08. The molecular weight excluding hydrogens is 361 g/mol. The normalized spacial score (nSPS) is 19.1. The molecule has 0 bridgehead atoms. The number of rotatable bonds is 3. The van der Waals surface area contributed by atoms with E-state index in [1.54, 1.807) is 18.2 Å². The van der Waals surface area contributed by atoms with E-state index >= 15 is 0 Å². The van der Waals surface area contributed by atoms with Gasteiger partial charge in [0.15, 0.2) is 0 Å². The van der Waals surface area contributed by atoms with Gasteiger partial charge in [0, 0.05) is 10.0 Å². The summed E-state index contributed by atoms with van der Waals surface area (Å²) in [7, 11) is 0. The van der Waals surface area contributed by atoms with Crippen LogP contribution >= 0.6 is 23.2 Å². The molecule has 2 aromatic rings. The van der Waals surface area contributed by atoms with Crippen LogP contribution in [0.4, 0.5) is 8.78 Å². The molecule has 1 aliphatic carbocycles. The summed E-state index contributed by atoms with van der Waals surface area (Å²) in [5.74, 6) is -3.29. The number of carbonyl (C=O) groups is 1. The van der Waals surface area contributed by atoms with E-state index in [4.69, 9.17) is 28.3 Å². The Morgan fingerprint density at radius 2 is 2.17 bits per heavy atom. The Kier molecular flexibility index (Phi) is 4.60. The van der Waals surface area contributed by atoms with Gasteiger partial charge >= 0.3 is 5.97 Å². The van der Waals surface area contributed by atoms with E-state index in [0.29, 0.717) is 27.6 Å². The number of carboxylic acids is 1. The van der Waals surface area contributed by atoms with Crippen LogP contribution < -0.4 is 0 Å². The van der Waals surface area contributed by atoms with Crippen molar-refractivity contribution in [2.45, 2.75) is 25.6 Å². The predicted molar refractivity (Wildman–Crippen MR) is 86.7 cm³/mol. The molecule has 0 spiro atoms. The van der Waals surface area contributed by atoms with Gasteiger partial charge in [0.05, 0.1) is 24.0 Å². The molecule has 1 aromatic carbocycles. The van der Waals surface area contributed by atoms with Crippen LogP contribution in [0.2, 0.25) is 10.0 Å². The monoisotopic (exact) mass is 372 g/mol. The lowest BCUT2D eigenvalue weighted by Gasteiger charge is -2.21. The number of nitrogens with zero attached hydrogens (tertiary/aromatic N) is 2. The van der Waals surface area contributed by atoms with Gasteiger partial charge in [0.25, 0.3) is 0 Å². The molecule has 0 saturated heterocycles. The highest BCUT2D eigenvalue weighted by molar-refractivity contribution is 6.35. The smallest absolute Gasteiger partial charge is 0.365 e. The molecule has 126 valence electrons. The van der Waals surface area contributed by atoms with Crippen LogP contribution in [0.5, 0.6) is 0 Å². The summed E-state index contributed by atoms with van der Waals surface area (Å²) in [6.45, 7) is 0.147. The van der Waals surface area contributed by atoms with E-state index in [2.05, 4.69) is 5.10 Å². The second-order valence-corrected chi connectivity index (χ2v) is 6.29. The largest absolute Gasteiger partial charge is 0.476 e. The Labute approximate surface area is 146 Å². The van der Waals surface area contributed by atoms with Crippen LogP contribution in [0.1, 0.15) is 23.2 Å². The van der Waals surface area contributed by atoms with Crippen molar-refractivity contribution in [3.8, 4) is 0 Å². The molecule has 4 nitrogen and oxygen atoms in total. The standard InChI is InChI=1S/C16H12Cl2F2N2O2/c17-10-3-1-9(11(18)5-10)7-22-15-8(6-21-22)2-4-12(19)13(15)14(20)16(23)24/h1,3,5-6,12H,2,4,7H2,(H,23,24)/b14-13-. The maximum Gasteiger partial charge on any atom is 0.365 e. The van der Waals surface area contributed by atoms with Gasteiger partial charge in [-0.15, -0.1) is 0 Å². The molecule has 24 heavy (non-hydrogen) atoms. The molecule has 8 heteroatoms. The van der Waals surface area contributed by atoms with E-state index in [-0.39, 0.29) is 18.7 Å². The molecule has 1 N–H and O–H groups in total. The summed E-state index contributed by atoms with van der Waals surface area (Å²) in [5, 5.41) is 13.9. The first-order chi connectivity index (χ1) is 11.4. The van der Waals surface area contributed by atoms with Crippen molar-refractivity contribution in [1.82, 2.24) is 9.78 Å². The second kappa shape index (κ2) is 6.53. The third-order valence-corrected chi connectivity index (χ3v) is 4.50. The van der Waals surface area contributed by atoms with E-state index in [0.717, 1.165) is 0 Å². The molecule has 0 aliphatic heterocycles. The quantitative estimate of drug-likeness (QED) is 0.817. The van der Waals surface area contributed by atoms with Crippen LogP contribution in [0.3, 0.4) is 0 Å². The summed E-state index contributed by atoms with van der Waals surface area (Å²) in [6, 6.07) is 4.89. The van der Waals surface area contributed by atoms with Gasteiger partial charge in [0.2, 0.25) is 5.83 Å². The predicted octanol–water partition coefficient (Wildman–Crippen LogP) is 4.29. The van der Waals surface area contributed by atoms with Crippen molar-refractivity contribution in [2.75, 3.05) is 0 Å². The number of alkyl halides is 1. The Bertz CT molecular complexity index is 849. The molecule has 0 fully saturated rings. The van der Waals surface area contributed by atoms with Gasteiger partial charge in [0.1, 0.15) is 6.17 Å². The highest BCUT2D eigenvalue weighted by Gasteiger charge is 2.33. The summed E-state index contributed by atoms with van der Waals surface area (Å²) in [6.07, 6.45) is 0.197. The summed E-state index contributed by atoms with van der Waals surface area (Å²) < 4.78 is 29.6. The third kappa shape index (κ3) is 3.03. The molecule has 1 aromatic heterocycles. The maximum absolute atomic E-state index is 14.2. The molecule has 1 heterocycles. The lowest BCUT2D eigenvalue weighted by Crippen LogP contribution is -2.20. The van der Waals surface area contributed by atoms with E-state index in [1.807, 2.05) is 0 Å². The molecule has 3 rings (SSSR count). The summed E-state index contributed by atoms with van der Waals surface area (Å²) >= 11 is 12.0. The van der Waals surface area contributed by atoms with Gasteiger partial charge in [-0.25, -0.2) is 9.18 Å². The van der Waals surface area contributed by atoms with Crippen LogP contribution in [-0.4, -0.2) is 27.0 Å². The zero-order valence-corrected chi connectivity index (χ0v) is 13.8. The first-order valence-corrected chi connectivity index (χ1v) is 7.90. The number of carboxylic acid groups (broad SMARTS) is 1. The number of aryl methyl sites for hydroxylation is 1. The molecule has 0 amide bonds. The fourth-order valence-electron chi connectivity index (χ4n) is 2.78. The molecular formula is C16H12Cl2F2N2O2. The van der Waals surface area contributed by atoms with Crippen molar-refractivity contribution < 1.29 is 18.7 Å². The SMILES string of the molecule is O=C(O)/C(F)=C1/c2c(cnn2Cc2ccc(Cl)cc2Cl)CCC1F. The van der Waals surface area contributed by atoms with E-state index < -0.39 is 23.5 Å². The maximum atomic E-state index is 14.2. The number of allylic oxidation sites excluding steroid dienone is 1. The second-order valence-electron chi connectivity index (χ2n) is 5.45. The highest BCUT2D eigenvalue weighted by atomic mass is 35.5. The first-order valence-electron chi connectivity index (χ1n) is 7.14. The number of aromatic nitrogens is 2. The van der Waals surface area contributed by atoms with Crippen LogP contribution in [-0.2, 0) is 17.8 Å². The van der Waals surface area contributed by atoms with Crippen molar-refractivity contribution in [2.24, 2.45) is 0 Å². The fourth-order valence-corrected chi connectivity index (χ4v) is 3.25. The lowest BCUT2D eigenvalue weighted by atomic mass is 9.90. The van der Waals surface area contributed by atoms with Gasteiger partial charge in [-0.3, -0.25) is 4.68 Å². The third-order valence-electron chi connectivity index (χ3n) is 3.91. The van der Waals surface area contributed by atoms with Crippen molar-refractivity contribution in [1.29, 1.82) is 0 Å². The van der Waals surface area contributed by atoms with Crippen molar-refractivity contribution in [3.05, 3.63) is 57.1 Å². The molecule has 1 atom stereocenters. The minimum absolute atomic E-state index is 0.0242. The van der Waals surface area contributed by atoms with Crippen LogP contribution in [0, 0.1) is 0 Å². The number of aliphatic carboxylic acids is 1. The minimum Gasteiger partial charge on any atom is -0.476 e. The Morgan fingerprint density at radius 3 is 2.83 bits per heavy atom. The number of benzene rings is 1. The van der Waals surface area contributed by atoms with Gasteiger partial charge < -0.3 is 5.11 Å². The highest BCUT2D eigenvalue weighted by Crippen LogP contribution is 2.36. The molecule has 1 aliphatic rings. The molecule has 0 radical (unpaired) electrons. The first kappa shape index (κ1) is 16.9. The van der Waals surface area contributed by atoms with Gasteiger partial charge in [-0.2, -0.15) is 9.49 Å². The molecule has 1 unspecified atom stereocenters. The zero-order chi connectivity index (χ0) is 17.4. The Morgan fingerprint density at radius 1 is 1.42 bits per heavy atom. The zero-order valence-electron chi connectivity index (χ0n) is 12.3. The number of halogens is 4. The Hall–Kier alpha value is -1.92. The fraction of sp³-hybridized carbons (Fsp3) is 0.250.